The van der Waals surface area contributed by atoms with Gasteiger partial charge in [-0.3, -0.25) is 9.59 Å². The summed E-state index contributed by atoms with van der Waals surface area (Å²) in [5, 5.41) is 8.53. The van der Waals surface area contributed by atoms with E-state index in [1.165, 1.54) is 6.92 Å². The molecule has 0 saturated carbocycles. The molecule has 0 aliphatic heterocycles. The first kappa shape index (κ1) is 9.18. The molecule has 0 radical (unpaired) electrons. The average Bonchev–Trinajstić information content (AvgIpc) is 2.03. The molecule has 0 aliphatic rings. The first-order valence-electron chi connectivity index (χ1n) is 3.49. The highest BCUT2D eigenvalue weighted by atomic mass is 16.4. The van der Waals surface area contributed by atoms with Crippen LogP contribution in [0.15, 0.2) is 16.9 Å². The van der Waals surface area contributed by atoms with Gasteiger partial charge in [-0.2, -0.15) is 0 Å². The van der Waals surface area contributed by atoms with Crippen molar-refractivity contribution in [1.29, 1.82) is 0 Å². The number of aromatic nitrogens is 1. The lowest BCUT2D eigenvalue weighted by molar-refractivity contribution is 0.0690. The molecule has 5 nitrogen and oxygen atoms in total. The topological polar surface area (TPSA) is 87.2 Å². The highest BCUT2D eigenvalue weighted by Gasteiger charge is 2.07. The van der Waals surface area contributed by atoms with Crippen LogP contribution in [0.25, 0.3) is 0 Å². The van der Waals surface area contributed by atoms with Gasteiger partial charge in [-0.15, -0.1) is 0 Å². The van der Waals surface area contributed by atoms with Gasteiger partial charge < -0.3 is 10.1 Å². The monoisotopic (exact) mass is 181 g/mol. The Kier molecular flexibility index (Phi) is 2.27. The minimum atomic E-state index is -1.26. The summed E-state index contributed by atoms with van der Waals surface area (Å²) in [4.78, 5) is 34.5. The van der Waals surface area contributed by atoms with Crippen molar-refractivity contribution in [2.45, 2.75) is 6.92 Å². The third-order valence-electron chi connectivity index (χ3n) is 1.45. The van der Waals surface area contributed by atoms with Crippen molar-refractivity contribution in [3.05, 3.63) is 33.7 Å². The van der Waals surface area contributed by atoms with Crippen LogP contribution in [0.3, 0.4) is 0 Å². The smallest absolute Gasteiger partial charge is 0.352 e. The second-order valence-corrected chi connectivity index (χ2v) is 2.50. The van der Waals surface area contributed by atoms with Crippen LogP contribution in [0.5, 0.6) is 0 Å². The number of ketones is 1. The molecule has 0 bridgehead atoms. The van der Waals surface area contributed by atoms with Crippen molar-refractivity contribution in [3.63, 3.8) is 0 Å². The number of pyridine rings is 1. The Balaban J connectivity index is 3.35. The second kappa shape index (κ2) is 3.22. The van der Waals surface area contributed by atoms with Gasteiger partial charge in [-0.05, 0) is 0 Å². The van der Waals surface area contributed by atoms with Crippen LogP contribution in [0.4, 0.5) is 0 Å². The van der Waals surface area contributed by atoms with Gasteiger partial charge in [0.15, 0.2) is 11.2 Å². The Morgan fingerprint density at radius 1 is 1.31 bits per heavy atom. The third kappa shape index (κ3) is 2.02. The molecule has 0 aliphatic carbocycles. The van der Waals surface area contributed by atoms with Crippen LogP contribution in [0.1, 0.15) is 27.9 Å². The van der Waals surface area contributed by atoms with Crippen molar-refractivity contribution in [2.24, 2.45) is 0 Å². The fourth-order valence-electron chi connectivity index (χ4n) is 0.848. The minimum Gasteiger partial charge on any atom is -0.477 e. The molecule has 0 saturated heterocycles. The maximum Gasteiger partial charge on any atom is 0.352 e. The summed E-state index contributed by atoms with van der Waals surface area (Å²) in [7, 11) is 0. The Labute approximate surface area is 73.0 Å². The molecular formula is C8H7NO4. The molecule has 0 aromatic carbocycles. The van der Waals surface area contributed by atoms with Gasteiger partial charge in [0.05, 0.1) is 5.69 Å². The molecule has 68 valence electrons. The van der Waals surface area contributed by atoms with E-state index in [2.05, 4.69) is 4.98 Å². The maximum atomic E-state index is 10.9. The van der Waals surface area contributed by atoms with E-state index in [1.54, 1.807) is 0 Å². The SMILES string of the molecule is CC(=O)c1cc(=O)cc(C(=O)O)[nH]1. The fraction of sp³-hybridized carbons (Fsp3) is 0.125. The molecule has 0 amide bonds. The number of hydrogen-bond donors (Lipinski definition) is 2. The molecule has 1 heterocycles. The van der Waals surface area contributed by atoms with Gasteiger partial charge in [0.2, 0.25) is 0 Å². The number of Topliss-reactive ketones (excluding diaryl/α,β-unsaturated/α-hetero) is 1. The van der Waals surface area contributed by atoms with Crippen LogP contribution in [0.2, 0.25) is 0 Å². The third-order valence-corrected chi connectivity index (χ3v) is 1.45. The number of aromatic carboxylic acids is 1. The van der Waals surface area contributed by atoms with E-state index in [9.17, 15) is 14.4 Å². The summed E-state index contributed by atoms with van der Waals surface area (Å²) < 4.78 is 0. The normalized spacial score (nSPS) is 9.62. The molecular weight excluding hydrogens is 174 g/mol. The molecule has 0 unspecified atom stereocenters. The van der Waals surface area contributed by atoms with Crippen LogP contribution >= 0.6 is 0 Å². The summed E-state index contributed by atoms with van der Waals surface area (Å²) in [6.45, 7) is 1.25. The summed E-state index contributed by atoms with van der Waals surface area (Å²) in [6.07, 6.45) is 0. The van der Waals surface area contributed by atoms with Crippen molar-refractivity contribution in [3.8, 4) is 0 Å². The molecule has 1 aromatic heterocycles. The Bertz CT molecular complexity index is 383. The van der Waals surface area contributed by atoms with Gasteiger partial charge in [-0.25, -0.2) is 4.79 Å². The number of H-pyrrole nitrogens is 1. The highest BCUT2D eigenvalue weighted by molar-refractivity contribution is 5.93. The summed E-state index contributed by atoms with van der Waals surface area (Å²) >= 11 is 0. The first-order valence-corrected chi connectivity index (χ1v) is 3.49. The van der Waals surface area contributed by atoms with Crippen molar-refractivity contribution < 1.29 is 14.7 Å². The largest absolute Gasteiger partial charge is 0.477 e. The van der Waals surface area contributed by atoms with E-state index in [0.29, 0.717) is 0 Å². The summed E-state index contributed by atoms with van der Waals surface area (Å²) in [5.74, 6) is -1.64. The molecule has 1 aromatic rings. The van der Waals surface area contributed by atoms with E-state index >= 15 is 0 Å². The second-order valence-electron chi connectivity index (χ2n) is 2.50. The lowest BCUT2D eigenvalue weighted by atomic mass is 10.2. The molecule has 0 spiro atoms. The lowest BCUT2D eigenvalue weighted by Crippen LogP contribution is -2.12. The van der Waals surface area contributed by atoms with Crippen LogP contribution in [0, 0.1) is 0 Å². The lowest BCUT2D eigenvalue weighted by Gasteiger charge is -1.97. The Morgan fingerprint density at radius 2 is 1.85 bits per heavy atom. The van der Waals surface area contributed by atoms with E-state index in [-0.39, 0.29) is 17.2 Å². The zero-order valence-electron chi connectivity index (χ0n) is 6.83. The van der Waals surface area contributed by atoms with Crippen LogP contribution < -0.4 is 5.43 Å². The maximum absolute atomic E-state index is 10.9. The van der Waals surface area contributed by atoms with Gasteiger partial charge in [-0.1, -0.05) is 0 Å². The Hall–Kier alpha value is -1.91. The fourth-order valence-corrected chi connectivity index (χ4v) is 0.848. The van der Waals surface area contributed by atoms with Gasteiger partial charge in [0, 0.05) is 19.1 Å². The Morgan fingerprint density at radius 3 is 2.31 bits per heavy atom. The number of carbonyl (C=O) groups excluding carboxylic acids is 1. The van der Waals surface area contributed by atoms with Crippen LogP contribution in [-0.4, -0.2) is 21.8 Å². The first-order chi connectivity index (χ1) is 6.00. The average molecular weight is 181 g/mol. The summed E-state index contributed by atoms with van der Waals surface area (Å²) in [6, 6.07) is 1.99. The zero-order chi connectivity index (χ0) is 10.0. The number of aromatic amines is 1. The van der Waals surface area contributed by atoms with Crippen molar-refractivity contribution in [2.75, 3.05) is 0 Å². The minimum absolute atomic E-state index is 0.00454. The van der Waals surface area contributed by atoms with E-state index in [0.717, 1.165) is 12.1 Å². The van der Waals surface area contributed by atoms with Gasteiger partial charge >= 0.3 is 5.97 Å². The molecule has 0 atom stereocenters. The molecule has 13 heavy (non-hydrogen) atoms. The van der Waals surface area contributed by atoms with Crippen molar-refractivity contribution in [1.82, 2.24) is 4.98 Å². The predicted octanol–water partition coefficient (Wildman–Crippen LogP) is 0.276. The van der Waals surface area contributed by atoms with Gasteiger partial charge in [0.25, 0.3) is 0 Å². The van der Waals surface area contributed by atoms with Crippen LogP contribution in [-0.2, 0) is 0 Å². The molecule has 1 rings (SSSR count). The zero-order valence-corrected chi connectivity index (χ0v) is 6.83. The number of rotatable bonds is 2. The molecule has 0 fully saturated rings. The number of hydrogen-bond acceptors (Lipinski definition) is 3. The number of carboxylic acid groups (broad SMARTS) is 1. The van der Waals surface area contributed by atoms with E-state index in [4.69, 9.17) is 5.11 Å². The predicted molar refractivity (Wildman–Crippen MR) is 44.0 cm³/mol. The standard InChI is InChI=1S/C8H7NO4/c1-4(10)6-2-5(11)3-7(9-6)8(12)13/h2-3H,1H3,(H,9,11)(H,12,13). The van der Waals surface area contributed by atoms with E-state index in [1.807, 2.05) is 0 Å². The molecule has 2 N–H and O–H groups in total. The summed E-state index contributed by atoms with van der Waals surface area (Å²) in [5.41, 5.74) is -0.774. The number of carbonyl (C=O) groups is 2. The quantitative estimate of drug-likeness (QED) is 0.641. The highest BCUT2D eigenvalue weighted by Crippen LogP contribution is 1.95. The molecule has 5 heteroatoms. The number of nitrogens with one attached hydrogen (secondary N) is 1. The van der Waals surface area contributed by atoms with Crippen molar-refractivity contribution >= 4 is 11.8 Å². The number of carboxylic acids is 1. The van der Waals surface area contributed by atoms with Gasteiger partial charge in [0.1, 0.15) is 5.69 Å². The van der Waals surface area contributed by atoms with E-state index < -0.39 is 11.4 Å².